The third-order valence-electron chi connectivity index (χ3n) is 3.43. The summed E-state index contributed by atoms with van der Waals surface area (Å²) in [6.45, 7) is 2.16. The lowest BCUT2D eigenvalue weighted by molar-refractivity contribution is 1.02. The van der Waals surface area contributed by atoms with Gasteiger partial charge in [-0.15, -0.1) is 0 Å². The van der Waals surface area contributed by atoms with Crippen LogP contribution in [0.1, 0.15) is 12.5 Å². The summed E-state index contributed by atoms with van der Waals surface area (Å²) in [7, 11) is 0. The van der Waals surface area contributed by atoms with Crippen molar-refractivity contribution in [2.75, 3.05) is 0 Å². The number of aromatic amines is 1. The second-order valence-corrected chi connectivity index (χ2v) is 5.12. The maximum absolute atomic E-state index is 5.42. The molecule has 0 aliphatic heterocycles. The monoisotopic (exact) mass is 280 g/mol. The molecule has 0 aliphatic rings. The third-order valence-corrected chi connectivity index (χ3v) is 3.72. The zero-order valence-electron chi connectivity index (χ0n) is 11.3. The van der Waals surface area contributed by atoms with Gasteiger partial charge in [0.15, 0.2) is 4.77 Å². The minimum atomic E-state index is 0.716. The molecule has 100 valence electrons. The number of aryl methyl sites for hydroxylation is 1. The normalized spacial score (nSPS) is 10.7. The van der Waals surface area contributed by atoms with Crippen LogP contribution in [0, 0.1) is 4.77 Å². The SMILES string of the molecule is CCc1ccc(-n2cc(-c3ccccc3)[nH]c2=S)cc1. The predicted molar refractivity (Wildman–Crippen MR) is 85.8 cm³/mol. The lowest BCUT2D eigenvalue weighted by Gasteiger charge is -2.03. The number of imidazole rings is 1. The van der Waals surface area contributed by atoms with E-state index < -0.39 is 0 Å². The minimum Gasteiger partial charge on any atom is -0.330 e. The Morgan fingerprint density at radius 1 is 1.00 bits per heavy atom. The van der Waals surface area contributed by atoms with Gasteiger partial charge in [-0.2, -0.15) is 0 Å². The van der Waals surface area contributed by atoms with Crippen molar-refractivity contribution in [1.29, 1.82) is 0 Å². The molecular weight excluding hydrogens is 264 g/mol. The molecule has 0 aliphatic carbocycles. The van der Waals surface area contributed by atoms with Crippen molar-refractivity contribution < 1.29 is 0 Å². The number of aromatic nitrogens is 2. The second-order valence-electron chi connectivity index (χ2n) is 4.73. The van der Waals surface area contributed by atoms with Crippen LogP contribution in [0.2, 0.25) is 0 Å². The number of nitrogens with one attached hydrogen (secondary N) is 1. The molecule has 3 rings (SSSR count). The Morgan fingerprint density at radius 3 is 2.35 bits per heavy atom. The summed E-state index contributed by atoms with van der Waals surface area (Å²) in [6, 6.07) is 18.7. The minimum absolute atomic E-state index is 0.716. The van der Waals surface area contributed by atoms with E-state index in [1.165, 1.54) is 5.56 Å². The summed E-state index contributed by atoms with van der Waals surface area (Å²) in [4.78, 5) is 3.27. The fourth-order valence-electron chi connectivity index (χ4n) is 2.24. The molecule has 0 saturated heterocycles. The number of benzene rings is 2. The van der Waals surface area contributed by atoms with Gasteiger partial charge in [0.05, 0.1) is 5.69 Å². The van der Waals surface area contributed by atoms with Gasteiger partial charge in [0.2, 0.25) is 0 Å². The quantitative estimate of drug-likeness (QED) is 0.686. The fraction of sp³-hybridized carbons (Fsp3) is 0.118. The topological polar surface area (TPSA) is 20.7 Å². The van der Waals surface area contributed by atoms with Gasteiger partial charge in [-0.1, -0.05) is 49.4 Å². The zero-order valence-corrected chi connectivity index (χ0v) is 12.2. The number of hydrogen-bond acceptors (Lipinski definition) is 1. The van der Waals surface area contributed by atoms with Gasteiger partial charge < -0.3 is 4.98 Å². The number of H-pyrrole nitrogens is 1. The largest absolute Gasteiger partial charge is 0.330 e. The molecule has 0 spiro atoms. The molecule has 1 heterocycles. The first kappa shape index (κ1) is 12.9. The third kappa shape index (κ3) is 2.45. The summed E-state index contributed by atoms with van der Waals surface area (Å²) >= 11 is 5.42. The van der Waals surface area contributed by atoms with E-state index in [0.717, 1.165) is 23.4 Å². The molecule has 1 N–H and O–H groups in total. The van der Waals surface area contributed by atoms with Crippen LogP contribution < -0.4 is 0 Å². The van der Waals surface area contributed by atoms with Gasteiger partial charge in [0, 0.05) is 11.9 Å². The van der Waals surface area contributed by atoms with Gasteiger partial charge in [0.1, 0.15) is 0 Å². The van der Waals surface area contributed by atoms with Crippen LogP contribution in [0.3, 0.4) is 0 Å². The van der Waals surface area contributed by atoms with Crippen molar-refractivity contribution in [2.24, 2.45) is 0 Å². The Bertz CT molecular complexity index is 752. The Labute approximate surface area is 123 Å². The van der Waals surface area contributed by atoms with Gasteiger partial charge >= 0.3 is 0 Å². The molecule has 0 radical (unpaired) electrons. The van der Waals surface area contributed by atoms with E-state index in [1.807, 2.05) is 22.8 Å². The first-order chi connectivity index (χ1) is 9.78. The smallest absolute Gasteiger partial charge is 0.182 e. The maximum atomic E-state index is 5.42. The summed E-state index contributed by atoms with van der Waals surface area (Å²) in [5, 5.41) is 0. The molecule has 0 amide bonds. The average molecular weight is 280 g/mol. The van der Waals surface area contributed by atoms with Crippen molar-refractivity contribution in [2.45, 2.75) is 13.3 Å². The van der Waals surface area contributed by atoms with Crippen LogP contribution in [0.4, 0.5) is 0 Å². The molecule has 0 fully saturated rings. The van der Waals surface area contributed by atoms with Crippen molar-refractivity contribution in [1.82, 2.24) is 9.55 Å². The predicted octanol–water partition coefficient (Wildman–Crippen LogP) is 4.76. The van der Waals surface area contributed by atoms with E-state index in [-0.39, 0.29) is 0 Å². The van der Waals surface area contributed by atoms with Crippen LogP contribution in [0.25, 0.3) is 16.9 Å². The fourth-order valence-corrected chi connectivity index (χ4v) is 2.51. The summed E-state index contributed by atoms with van der Waals surface area (Å²) in [6.07, 6.45) is 3.10. The first-order valence-corrected chi connectivity index (χ1v) is 7.15. The first-order valence-electron chi connectivity index (χ1n) is 6.74. The molecule has 2 aromatic carbocycles. The Balaban J connectivity index is 2.02. The standard InChI is InChI=1S/C17H16N2S/c1-2-13-8-10-15(11-9-13)19-12-16(18-17(19)20)14-6-4-3-5-7-14/h3-12H,2H2,1H3,(H,18,20). The van der Waals surface area contributed by atoms with Crippen molar-refractivity contribution >= 4 is 12.2 Å². The van der Waals surface area contributed by atoms with E-state index >= 15 is 0 Å². The highest BCUT2D eigenvalue weighted by molar-refractivity contribution is 7.71. The van der Waals surface area contributed by atoms with E-state index in [4.69, 9.17) is 12.2 Å². The molecule has 1 aromatic heterocycles. The molecule has 2 nitrogen and oxygen atoms in total. The van der Waals surface area contributed by atoms with Gasteiger partial charge in [-0.3, -0.25) is 4.57 Å². The highest BCUT2D eigenvalue weighted by atomic mass is 32.1. The maximum Gasteiger partial charge on any atom is 0.182 e. The molecule has 0 unspecified atom stereocenters. The summed E-state index contributed by atoms with van der Waals surface area (Å²) in [5.41, 5.74) is 4.60. The molecule has 0 atom stereocenters. The molecule has 3 heteroatoms. The van der Waals surface area contributed by atoms with Crippen molar-refractivity contribution in [3.8, 4) is 16.9 Å². The molecule has 20 heavy (non-hydrogen) atoms. The lowest BCUT2D eigenvalue weighted by atomic mass is 10.1. The van der Waals surface area contributed by atoms with E-state index in [2.05, 4.69) is 54.5 Å². The Morgan fingerprint density at radius 2 is 1.70 bits per heavy atom. The zero-order chi connectivity index (χ0) is 13.9. The van der Waals surface area contributed by atoms with E-state index in [0.29, 0.717) is 4.77 Å². The summed E-state index contributed by atoms with van der Waals surface area (Å²) in [5.74, 6) is 0. The van der Waals surface area contributed by atoms with Crippen LogP contribution in [-0.2, 0) is 6.42 Å². The van der Waals surface area contributed by atoms with Gasteiger partial charge in [0.25, 0.3) is 0 Å². The average Bonchev–Trinajstić information content (AvgIpc) is 2.90. The Hall–Kier alpha value is -2.13. The van der Waals surface area contributed by atoms with Crippen LogP contribution in [0.5, 0.6) is 0 Å². The second kappa shape index (κ2) is 5.47. The molecular formula is C17H16N2S. The Kier molecular flexibility index (Phi) is 3.52. The number of nitrogens with zero attached hydrogens (tertiary/aromatic N) is 1. The number of rotatable bonds is 3. The summed E-state index contributed by atoms with van der Waals surface area (Å²) < 4.78 is 2.73. The van der Waals surface area contributed by atoms with Crippen LogP contribution in [0.15, 0.2) is 60.8 Å². The highest BCUT2D eigenvalue weighted by Gasteiger charge is 2.04. The van der Waals surface area contributed by atoms with Gasteiger partial charge in [-0.05, 0) is 41.9 Å². The van der Waals surface area contributed by atoms with E-state index in [9.17, 15) is 0 Å². The number of hydrogen-bond donors (Lipinski definition) is 1. The molecule has 0 bridgehead atoms. The molecule has 3 aromatic rings. The lowest BCUT2D eigenvalue weighted by Crippen LogP contribution is -1.92. The van der Waals surface area contributed by atoms with Gasteiger partial charge in [-0.25, -0.2) is 0 Å². The highest BCUT2D eigenvalue weighted by Crippen LogP contribution is 2.20. The van der Waals surface area contributed by atoms with Crippen LogP contribution in [-0.4, -0.2) is 9.55 Å². The molecule has 0 saturated carbocycles. The van der Waals surface area contributed by atoms with Crippen molar-refractivity contribution in [3.05, 3.63) is 71.1 Å². The van der Waals surface area contributed by atoms with Crippen LogP contribution >= 0.6 is 12.2 Å². The van der Waals surface area contributed by atoms with Crippen molar-refractivity contribution in [3.63, 3.8) is 0 Å². The van der Waals surface area contributed by atoms with E-state index in [1.54, 1.807) is 0 Å².